The van der Waals surface area contributed by atoms with Crippen LogP contribution >= 0.6 is 11.8 Å². The molecule has 0 heterocycles. The van der Waals surface area contributed by atoms with Crippen molar-refractivity contribution in [3.63, 3.8) is 0 Å². The average molecular weight is 247 g/mol. The number of aliphatic carboxylic acids is 1. The Kier molecular flexibility index (Phi) is 7.07. The zero-order valence-electron chi connectivity index (χ0n) is 10.8. The van der Waals surface area contributed by atoms with Crippen molar-refractivity contribution in [3.05, 3.63) is 0 Å². The molecule has 0 amide bonds. The highest BCUT2D eigenvalue weighted by Gasteiger charge is 2.30. The molecule has 2 atom stereocenters. The molecule has 96 valence electrons. The van der Waals surface area contributed by atoms with Gasteiger partial charge in [0.05, 0.1) is 0 Å². The SMILES string of the molecule is CCC(N)(CCCSC(C)C(C)C)C(=O)O. The molecule has 0 aromatic heterocycles. The minimum Gasteiger partial charge on any atom is -0.480 e. The molecule has 0 aliphatic carbocycles. The van der Waals surface area contributed by atoms with Gasteiger partial charge in [-0.1, -0.05) is 27.7 Å². The van der Waals surface area contributed by atoms with E-state index in [0.29, 0.717) is 24.0 Å². The van der Waals surface area contributed by atoms with Gasteiger partial charge < -0.3 is 10.8 Å². The third kappa shape index (κ3) is 5.21. The van der Waals surface area contributed by atoms with Crippen LogP contribution in [0, 0.1) is 5.92 Å². The quantitative estimate of drug-likeness (QED) is 0.647. The van der Waals surface area contributed by atoms with Gasteiger partial charge in [-0.05, 0) is 30.9 Å². The van der Waals surface area contributed by atoms with E-state index in [1.807, 2.05) is 18.7 Å². The monoisotopic (exact) mass is 247 g/mol. The molecule has 0 saturated heterocycles. The van der Waals surface area contributed by atoms with E-state index in [2.05, 4.69) is 20.8 Å². The van der Waals surface area contributed by atoms with Gasteiger partial charge in [0, 0.05) is 5.25 Å². The average Bonchev–Trinajstić information content (AvgIpc) is 2.23. The summed E-state index contributed by atoms with van der Waals surface area (Å²) in [4.78, 5) is 11.0. The van der Waals surface area contributed by atoms with Crippen LogP contribution in [0.15, 0.2) is 0 Å². The second kappa shape index (κ2) is 7.17. The van der Waals surface area contributed by atoms with Gasteiger partial charge in [0.15, 0.2) is 0 Å². The molecule has 4 heteroatoms. The maximum atomic E-state index is 11.0. The summed E-state index contributed by atoms with van der Waals surface area (Å²) in [6.07, 6.45) is 1.93. The number of carboxylic acids is 1. The van der Waals surface area contributed by atoms with Crippen molar-refractivity contribution >= 4 is 17.7 Å². The van der Waals surface area contributed by atoms with Crippen molar-refractivity contribution in [2.75, 3.05) is 5.75 Å². The van der Waals surface area contributed by atoms with E-state index in [1.165, 1.54) is 0 Å². The number of thioether (sulfide) groups is 1. The largest absolute Gasteiger partial charge is 0.480 e. The number of nitrogens with two attached hydrogens (primary N) is 1. The first-order chi connectivity index (χ1) is 7.33. The summed E-state index contributed by atoms with van der Waals surface area (Å²) >= 11 is 1.90. The van der Waals surface area contributed by atoms with Gasteiger partial charge >= 0.3 is 5.97 Å². The molecule has 0 radical (unpaired) electrons. The fourth-order valence-electron chi connectivity index (χ4n) is 1.28. The Morgan fingerprint density at radius 2 is 2.00 bits per heavy atom. The molecule has 0 aliphatic rings. The van der Waals surface area contributed by atoms with Crippen molar-refractivity contribution in [2.45, 2.75) is 57.7 Å². The topological polar surface area (TPSA) is 63.3 Å². The van der Waals surface area contributed by atoms with Crippen LogP contribution in [-0.2, 0) is 4.79 Å². The van der Waals surface area contributed by atoms with Gasteiger partial charge in [-0.2, -0.15) is 11.8 Å². The lowest BCUT2D eigenvalue weighted by molar-refractivity contribution is -0.143. The predicted molar refractivity (Wildman–Crippen MR) is 70.8 cm³/mol. The maximum absolute atomic E-state index is 11.0. The molecule has 0 saturated carbocycles. The van der Waals surface area contributed by atoms with Crippen LogP contribution in [0.3, 0.4) is 0 Å². The van der Waals surface area contributed by atoms with E-state index >= 15 is 0 Å². The third-order valence-corrected chi connectivity index (χ3v) is 4.74. The predicted octanol–water partition coefficient (Wildman–Crippen LogP) is 2.74. The molecule has 0 bridgehead atoms. The zero-order chi connectivity index (χ0) is 12.8. The van der Waals surface area contributed by atoms with E-state index in [1.54, 1.807) is 0 Å². The molecular weight excluding hydrogens is 222 g/mol. The number of carbonyl (C=O) groups is 1. The van der Waals surface area contributed by atoms with Crippen LogP contribution < -0.4 is 5.73 Å². The van der Waals surface area contributed by atoms with E-state index in [4.69, 9.17) is 10.8 Å². The lowest BCUT2D eigenvalue weighted by Crippen LogP contribution is -2.47. The fourth-order valence-corrected chi connectivity index (χ4v) is 2.35. The molecule has 16 heavy (non-hydrogen) atoms. The first-order valence-corrected chi connectivity index (χ1v) is 7.02. The van der Waals surface area contributed by atoms with Crippen molar-refractivity contribution in [2.24, 2.45) is 11.7 Å². The van der Waals surface area contributed by atoms with Crippen LogP contribution in [0.1, 0.15) is 47.0 Å². The second-order valence-corrected chi connectivity index (χ2v) is 6.22. The van der Waals surface area contributed by atoms with Gasteiger partial charge in [-0.3, -0.25) is 4.79 Å². The van der Waals surface area contributed by atoms with E-state index in [-0.39, 0.29) is 0 Å². The molecule has 3 N–H and O–H groups in total. The Labute approximate surface area is 103 Å². The molecule has 0 aromatic rings. The zero-order valence-corrected chi connectivity index (χ0v) is 11.6. The minimum atomic E-state index is -1.03. The van der Waals surface area contributed by atoms with Crippen LogP contribution in [0.4, 0.5) is 0 Å². The first-order valence-electron chi connectivity index (χ1n) is 5.97. The normalized spacial score (nSPS) is 17.1. The van der Waals surface area contributed by atoms with Crippen molar-refractivity contribution in [1.82, 2.24) is 0 Å². The lowest BCUT2D eigenvalue weighted by Gasteiger charge is -2.23. The second-order valence-electron chi connectivity index (χ2n) is 4.74. The summed E-state index contributed by atoms with van der Waals surface area (Å²) in [6, 6.07) is 0. The van der Waals surface area contributed by atoms with Crippen molar-refractivity contribution < 1.29 is 9.90 Å². The summed E-state index contributed by atoms with van der Waals surface area (Å²) in [5.41, 5.74) is 4.78. The molecular formula is C12H25NO2S. The summed E-state index contributed by atoms with van der Waals surface area (Å²) in [5.74, 6) is 0.779. The number of hydrogen-bond acceptors (Lipinski definition) is 3. The number of rotatable bonds is 8. The third-order valence-electron chi connectivity index (χ3n) is 3.14. The van der Waals surface area contributed by atoms with Crippen molar-refractivity contribution in [1.29, 1.82) is 0 Å². The highest BCUT2D eigenvalue weighted by atomic mass is 32.2. The van der Waals surface area contributed by atoms with Gasteiger partial charge in [-0.15, -0.1) is 0 Å². The Morgan fingerprint density at radius 1 is 1.44 bits per heavy atom. The summed E-state index contributed by atoms with van der Waals surface area (Å²) in [7, 11) is 0. The maximum Gasteiger partial charge on any atom is 0.323 e. The Bertz CT molecular complexity index is 221. The van der Waals surface area contributed by atoms with Crippen LogP contribution in [0.25, 0.3) is 0 Å². The fraction of sp³-hybridized carbons (Fsp3) is 0.917. The van der Waals surface area contributed by atoms with Crippen molar-refractivity contribution in [3.8, 4) is 0 Å². The standard InChI is InChI=1S/C12H25NO2S/c1-5-12(13,11(14)15)7-6-8-16-10(4)9(2)3/h9-10H,5-8,13H2,1-4H3,(H,14,15). The van der Waals surface area contributed by atoms with E-state index < -0.39 is 11.5 Å². The van der Waals surface area contributed by atoms with Gasteiger partial charge in [0.2, 0.25) is 0 Å². The first kappa shape index (κ1) is 15.8. The molecule has 0 fully saturated rings. The van der Waals surface area contributed by atoms with Gasteiger partial charge in [0.1, 0.15) is 5.54 Å². The molecule has 2 unspecified atom stereocenters. The molecule has 0 rings (SSSR count). The lowest BCUT2D eigenvalue weighted by atomic mass is 9.92. The summed E-state index contributed by atoms with van der Waals surface area (Å²) in [5, 5.41) is 9.62. The van der Waals surface area contributed by atoms with E-state index in [9.17, 15) is 4.79 Å². The van der Waals surface area contributed by atoms with E-state index in [0.717, 1.165) is 12.2 Å². The van der Waals surface area contributed by atoms with Crippen LogP contribution in [0.5, 0.6) is 0 Å². The minimum absolute atomic E-state index is 0.493. The smallest absolute Gasteiger partial charge is 0.323 e. The van der Waals surface area contributed by atoms with Gasteiger partial charge in [0.25, 0.3) is 0 Å². The van der Waals surface area contributed by atoms with Gasteiger partial charge in [-0.25, -0.2) is 0 Å². The molecule has 0 aliphatic heterocycles. The number of carboxylic acid groups (broad SMARTS) is 1. The van der Waals surface area contributed by atoms with Crippen LogP contribution in [-0.4, -0.2) is 27.6 Å². The Balaban J connectivity index is 3.85. The molecule has 3 nitrogen and oxygen atoms in total. The highest BCUT2D eigenvalue weighted by Crippen LogP contribution is 2.22. The molecule has 0 aromatic carbocycles. The Hall–Kier alpha value is -0.220. The molecule has 0 spiro atoms. The summed E-state index contributed by atoms with van der Waals surface area (Å²) in [6.45, 7) is 8.45. The number of hydrogen-bond donors (Lipinski definition) is 2. The summed E-state index contributed by atoms with van der Waals surface area (Å²) < 4.78 is 0. The Morgan fingerprint density at radius 3 is 2.38 bits per heavy atom. The van der Waals surface area contributed by atoms with Crippen LogP contribution in [0.2, 0.25) is 0 Å². The highest BCUT2D eigenvalue weighted by molar-refractivity contribution is 7.99.